The fraction of sp³-hybridized carbons (Fsp3) is 0.400. The predicted octanol–water partition coefficient (Wildman–Crippen LogP) is 3.47. The molecular formula is C10H13I. The topological polar surface area (TPSA) is 0 Å². The molecule has 1 aromatic carbocycles. The first-order valence-corrected chi connectivity index (χ1v) is 4.98. The summed E-state index contributed by atoms with van der Waals surface area (Å²) in [6.07, 6.45) is 1.14. The Morgan fingerprint density at radius 2 is 1.73 bits per heavy atom. The Balaban J connectivity index is 3.21. The molecule has 0 saturated heterocycles. The Kier molecular flexibility index (Phi) is 2.93. The van der Waals surface area contributed by atoms with E-state index in [0.29, 0.717) is 0 Å². The lowest BCUT2D eigenvalue weighted by atomic mass is 10.1. The van der Waals surface area contributed by atoms with Gasteiger partial charge < -0.3 is 0 Å². The van der Waals surface area contributed by atoms with Crippen LogP contribution >= 0.6 is 22.6 Å². The molecule has 11 heavy (non-hydrogen) atoms. The Bertz CT molecular complexity index is 264. The minimum Gasteiger partial charge on any atom is -0.0613 e. The SMILES string of the molecule is CCc1cc(C)c(C)cc1I. The van der Waals surface area contributed by atoms with Crippen LogP contribution in [0.15, 0.2) is 12.1 Å². The van der Waals surface area contributed by atoms with Gasteiger partial charge in [0.1, 0.15) is 0 Å². The maximum Gasteiger partial charge on any atom is 0.0165 e. The third-order valence-corrected chi connectivity index (χ3v) is 3.05. The molecule has 0 atom stereocenters. The fourth-order valence-corrected chi connectivity index (χ4v) is 2.12. The second-order valence-electron chi connectivity index (χ2n) is 2.88. The van der Waals surface area contributed by atoms with Gasteiger partial charge in [-0.3, -0.25) is 0 Å². The quantitative estimate of drug-likeness (QED) is 0.678. The summed E-state index contributed by atoms with van der Waals surface area (Å²) in [4.78, 5) is 0. The zero-order valence-electron chi connectivity index (χ0n) is 7.24. The van der Waals surface area contributed by atoms with Crippen LogP contribution in [0.4, 0.5) is 0 Å². The van der Waals surface area contributed by atoms with Gasteiger partial charge >= 0.3 is 0 Å². The summed E-state index contributed by atoms with van der Waals surface area (Å²) in [5.74, 6) is 0. The summed E-state index contributed by atoms with van der Waals surface area (Å²) in [6, 6.07) is 4.55. The summed E-state index contributed by atoms with van der Waals surface area (Å²) in [5, 5.41) is 0. The highest BCUT2D eigenvalue weighted by Crippen LogP contribution is 2.17. The van der Waals surface area contributed by atoms with Gasteiger partial charge in [0.2, 0.25) is 0 Å². The molecule has 0 amide bonds. The highest BCUT2D eigenvalue weighted by Gasteiger charge is 1.99. The van der Waals surface area contributed by atoms with Gasteiger partial charge in [-0.2, -0.15) is 0 Å². The van der Waals surface area contributed by atoms with Crippen LogP contribution in [0.3, 0.4) is 0 Å². The van der Waals surface area contributed by atoms with Crippen LogP contribution in [0, 0.1) is 17.4 Å². The van der Waals surface area contributed by atoms with Crippen LogP contribution < -0.4 is 0 Å². The molecule has 1 aromatic rings. The lowest BCUT2D eigenvalue weighted by Gasteiger charge is -2.05. The molecule has 0 bridgehead atoms. The van der Waals surface area contributed by atoms with E-state index >= 15 is 0 Å². The molecule has 60 valence electrons. The van der Waals surface area contributed by atoms with Crippen molar-refractivity contribution in [3.8, 4) is 0 Å². The molecule has 1 rings (SSSR count). The molecule has 0 fully saturated rings. The lowest BCUT2D eigenvalue weighted by molar-refractivity contribution is 1.11. The number of hydrogen-bond acceptors (Lipinski definition) is 0. The highest BCUT2D eigenvalue weighted by atomic mass is 127. The van der Waals surface area contributed by atoms with E-state index < -0.39 is 0 Å². The first-order chi connectivity index (χ1) is 5.15. The van der Waals surface area contributed by atoms with E-state index in [1.54, 1.807) is 0 Å². The van der Waals surface area contributed by atoms with Gasteiger partial charge in [-0.25, -0.2) is 0 Å². The zero-order chi connectivity index (χ0) is 8.43. The zero-order valence-corrected chi connectivity index (χ0v) is 9.40. The van der Waals surface area contributed by atoms with E-state index in [0.717, 1.165) is 6.42 Å². The first-order valence-electron chi connectivity index (χ1n) is 3.90. The second kappa shape index (κ2) is 3.57. The Hall–Kier alpha value is -0.0500. The third-order valence-electron chi connectivity index (χ3n) is 2.04. The number of rotatable bonds is 1. The monoisotopic (exact) mass is 260 g/mol. The van der Waals surface area contributed by atoms with Gasteiger partial charge in [0.05, 0.1) is 0 Å². The van der Waals surface area contributed by atoms with Gasteiger partial charge in [0.15, 0.2) is 0 Å². The molecule has 0 aliphatic carbocycles. The largest absolute Gasteiger partial charge is 0.0613 e. The van der Waals surface area contributed by atoms with E-state index in [1.165, 1.54) is 20.3 Å². The smallest absolute Gasteiger partial charge is 0.0165 e. The van der Waals surface area contributed by atoms with Gasteiger partial charge in [-0.05, 0) is 65.6 Å². The summed E-state index contributed by atoms with van der Waals surface area (Å²) in [5.41, 5.74) is 4.27. The molecule has 0 saturated carbocycles. The van der Waals surface area contributed by atoms with Crippen LogP contribution in [0.1, 0.15) is 23.6 Å². The highest BCUT2D eigenvalue weighted by molar-refractivity contribution is 14.1. The van der Waals surface area contributed by atoms with E-state index in [-0.39, 0.29) is 0 Å². The van der Waals surface area contributed by atoms with Crippen LogP contribution in [-0.2, 0) is 6.42 Å². The van der Waals surface area contributed by atoms with Crippen molar-refractivity contribution >= 4 is 22.6 Å². The molecule has 0 aromatic heterocycles. The number of hydrogen-bond donors (Lipinski definition) is 0. The lowest BCUT2D eigenvalue weighted by Crippen LogP contribution is -1.90. The molecule has 0 aliphatic heterocycles. The molecule has 0 nitrogen and oxygen atoms in total. The number of aryl methyl sites for hydroxylation is 3. The summed E-state index contributed by atoms with van der Waals surface area (Å²) < 4.78 is 1.40. The maximum absolute atomic E-state index is 2.40. The van der Waals surface area contributed by atoms with Gasteiger partial charge in [-0.1, -0.05) is 13.0 Å². The molecule has 0 aliphatic rings. The fourth-order valence-electron chi connectivity index (χ4n) is 1.11. The van der Waals surface area contributed by atoms with Crippen LogP contribution in [0.25, 0.3) is 0 Å². The summed E-state index contributed by atoms with van der Waals surface area (Å²) >= 11 is 2.40. The molecule has 0 N–H and O–H groups in total. The normalized spacial score (nSPS) is 10.2. The average molecular weight is 260 g/mol. The second-order valence-corrected chi connectivity index (χ2v) is 4.04. The Morgan fingerprint density at radius 3 is 2.27 bits per heavy atom. The van der Waals surface area contributed by atoms with Crippen molar-refractivity contribution in [3.05, 3.63) is 32.4 Å². The number of halogens is 1. The first kappa shape index (κ1) is 9.04. The Labute approximate surface area is 82.2 Å². The van der Waals surface area contributed by atoms with Crippen LogP contribution in [-0.4, -0.2) is 0 Å². The van der Waals surface area contributed by atoms with E-state index in [4.69, 9.17) is 0 Å². The van der Waals surface area contributed by atoms with Crippen molar-refractivity contribution in [2.45, 2.75) is 27.2 Å². The standard InChI is InChI=1S/C10H13I/c1-4-9-5-7(2)8(3)6-10(9)11/h5-6H,4H2,1-3H3. The summed E-state index contributed by atoms with van der Waals surface area (Å²) in [7, 11) is 0. The van der Waals surface area contributed by atoms with Gasteiger partial charge in [0, 0.05) is 3.57 Å². The average Bonchev–Trinajstić information content (AvgIpc) is 1.97. The van der Waals surface area contributed by atoms with Crippen molar-refractivity contribution in [1.82, 2.24) is 0 Å². The third kappa shape index (κ3) is 1.95. The molecule has 1 heteroatoms. The molecular weight excluding hydrogens is 247 g/mol. The van der Waals surface area contributed by atoms with Crippen molar-refractivity contribution in [1.29, 1.82) is 0 Å². The van der Waals surface area contributed by atoms with Crippen molar-refractivity contribution in [2.24, 2.45) is 0 Å². The van der Waals surface area contributed by atoms with Crippen LogP contribution in [0.5, 0.6) is 0 Å². The number of benzene rings is 1. The van der Waals surface area contributed by atoms with E-state index in [1.807, 2.05) is 0 Å². The van der Waals surface area contributed by atoms with E-state index in [9.17, 15) is 0 Å². The van der Waals surface area contributed by atoms with E-state index in [2.05, 4.69) is 55.5 Å². The molecule has 0 unspecified atom stereocenters. The van der Waals surface area contributed by atoms with Gasteiger partial charge in [-0.15, -0.1) is 0 Å². The minimum atomic E-state index is 1.14. The van der Waals surface area contributed by atoms with Crippen molar-refractivity contribution in [2.75, 3.05) is 0 Å². The predicted molar refractivity (Wildman–Crippen MR) is 58.0 cm³/mol. The minimum absolute atomic E-state index is 1.14. The summed E-state index contributed by atoms with van der Waals surface area (Å²) in [6.45, 7) is 6.54. The van der Waals surface area contributed by atoms with Crippen molar-refractivity contribution in [3.63, 3.8) is 0 Å². The maximum atomic E-state index is 2.40. The Morgan fingerprint density at radius 1 is 1.18 bits per heavy atom. The molecule has 0 spiro atoms. The van der Waals surface area contributed by atoms with Gasteiger partial charge in [0.25, 0.3) is 0 Å². The van der Waals surface area contributed by atoms with Crippen molar-refractivity contribution < 1.29 is 0 Å². The molecule has 0 radical (unpaired) electrons. The molecule has 0 heterocycles. The van der Waals surface area contributed by atoms with Crippen LogP contribution in [0.2, 0.25) is 0 Å².